The Morgan fingerprint density at radius 1 is 1.19 bits per heavy atom. The first kappa shape index (κ1) is 12.4. The van der Waals surface area contributed by atoms with E-state index in [2.05, 4.69) is 0 Å². The third kappa shape index (κ3) is 4.68. The largest absolute Gasteiger partial charge is 0.488 e. The highest BCUT2D eigenvalue weighted by molar-refractivity contribution is 5.75. The van der Waals surface area contributed by atoms with Crippen molar-refractivity contribution in [3.05, 3.63) is 24.3 Å². The van der Waals surface area contributed by atoms with Crippen LogP contribution in [0.1, 0.15) is 20.8 Å². The molecule has 0 aliphatic rings. The SMILES string of the molecule is CC(C)(C)Oc1ccc(OCC(N)=O)cc1. The van der Waals surface area contributed by atoms with Gasteiger partial charge in [-0.1, -0.05) is 0 Å². The van der Waals surface area contributed by atoms with E-state index in [4.69, 9.17) is 15.2 Å². The van der Waals surface area contributed by atoms with Gasteiger partial charge < -0.3 is 15.2 Å². The maximum Gasteiger partial charge on any atom is 0.255 e. The minimum absolute atomic E-state index is 0.112. The van der Waals surface area contributed by atoms with Gasteiger partial charge in [0, 0.05) is 0 Å². The van der Waals surface area contributed by atoms with Crippen molar-refractivity contribution in [2.75, 3.05) is 6.61 Å². The third-order valence-corrected chi connectivity index (χ3v) is 1.63. The molecule has 0 bridgehead atoms. The Morgan fingerprint density at radius 3 is 2.12 bits per heavy atom. The van der Waals surface area contributed by atoms with Gasteiger partial charge in [-0.2, -0.15) is 0 Å². The lowest BCUT2D eigenvalue weighted by atomic mass is 10.2. The molecular weight excluding hydrogens is 206 g/mol. The van der Waals surface area contributed by atoms with Crippen LogP contribution in [0, 0.1) is 0 Å². The first-order valence-corrected chi connectivity index (χ1v) is 5.07. The topological polar surface area (TPSA) is 61.6 Å². The van der Waals surface area contributed by atoms with Crippen LogP contribution in [0.3, 0.4) is 0 Å². The standard InChI is InChI=1S/C12H17NO3/c1-12(2,3)16-10-6-4-9(5-7-10)15-8-11(13)14/h4-7H,8H2,1-3H3,(H2,13,14). The Labute approximate surface area is 95.3 Å². The molecule has 88 valence electrons. The zero-order valence-corrected chi connectivity index (χ0v) is 9.82. The molecule has 0 unspecified atom stereocenters. The fraction of sp³-hybridized carbons (Fsp3) is 0.417. The van der Waals surface area contributed by atoms with E-state index >= 15 is 0 Å². The molecule has 0 saturated carbocycles. The van der Waals surface area contributed by atoms with E-state index in [9.17, 15) is 4.79 Å². The van der Waals surface area contributed by atoms with Gasteiger partial charge in [-0.05, 0) is 45.0 Å². The van der Waals surface area contributed by atoms with Crippen LogP contribution in [0.15, 0.2) is 24.3 Å². The lowest BCUT2D eigenvalue weighted by Gasteiger charge is -2.21. The van der Waals surface area contributed by atoms with Crippen molar-refractivity contribution in [2.45, 2.75) is 26.4 Å². The normalized spacial score (nSPS) is 10.9. The van der Waals surface area contributed by atoms with Crippen LogP contribution >= 0.6 is 0 Å². The Balaban J connectivity index is 2.57. The van der Waals surface area contributed by atoms with Gasteiger partial charge in [-0.3, -0.25) is 4.79 Å². The molecule has 0 radical (unpaired) electrons. The number of carbonyl (C=O) groups is 1. The molecule has 1 amide bonds. The highest BCUT2D eigenvalue weighted by atomic mass is 16.5. The second kappa shape index (κ2) is 4.88. The van der Waals surface area contributed by atoms with Gasteiger partial charge in [0.2, 0.25) is 0 Å². The molecule has 0 fully saturated rings. The van der Waals surface area contributed by atoms with E-state index in [-0.39, 0.29) is 12.2 Å². The number of amides is 1. The van der Waals surface area contributed by atoms with Crippen LogP contribution in [-0.4, -0.2) is 18.1 Å². The minimum Gasteiger partial charge on any atom is -0.488 e. The zero-order valence-electron chi connectivity index (χ0n) is 9.82. The Kier molecular flexibility index (Phi) is 3.77. The molecule has 2 N–H and O–H groups in total. The van der Waals surface area contributed by atoms with Crippen molar-refractivity contribution in [1.29, 1.82) is 0 Å². The van der Waals surface area contributed by atoms with E-state index in [1.807, 2.05) is 20.8 Å². The maximum absolute atomic E-state index is 10.5. The van der Waals surface area contributed by atoms with E-state index in [1.165, 1.54) is 0 Å². The minimum atomic E-state index is -0.491. The molecular formula is C12H17NO3. The monoisotopic (exact) mass is 223 g/mol. The fourth-order valence-electron chi connectivity index (χ4n) is 1.11. The Bertz CT molecular complexity index is 352. The average Bonchev–Trinajstić information content (AvgIpc) is 2.14. The van der Waals surface area contributed by atoms with Crippen LogP contribution in [0.2, 0.25) is 0 Å². The molecule has 1 rings (SSSR count). The number of primary amides is 1. The Morgan fingerprint density at radius 2 is 1.69 bits per heavy atom. The highest BCUT2D eigenvalue weighted by Gasteiger charge is 2.11. The van der Waals surface area contributed by atoms with Crippen LogP contribution in [-0.2, 0) is 4.79 Å². The van der Waals surface area contributed by atoms with E-state index in [0.29, 0.717) is 5.75 Å². The zero-order chi connectivity index (χ0) is 12.2. The molecule has 0 aliphatic heterocycles. The first-order valence-electron chi connectivity index (χ1n) is 5.07. The Hall–Kier alpha value is -1.71. The van der Waals surface area contributed by atoms with Crippen molar-refractivity contribution in [2.24, 2.45) is 5.73 Å². The van der Waals surface area contributed by atoms with Gasteiger partial charge in [0.1, 0.15) is 17.1 Å². The number of benzene rings is 1. The van der Waals surface area contributed by atoms with E-state index in [1.54, 1.807) is 24.3 Å². The van der Waals surface area contributed by atoms with E-state index < -0.39 is 5.91 Å². The number of hydrogen-bond donors (Lipinski definition) is 1. The summed E-state index contributed by atoms with van der Waals surface area (Å²) in [6.07, 6.45) is 0. The van der Waals surface area contributed by atoms with Gasteiger partial charge in [0.15, 0.2) is 6.61 Å². The summed E-state index contributed by atoms with van der Waals surface area (Å²) in [7, 11) is 0. The lowest BCUT2D eigenvalue weighted by molar-refractivity contribution is -0.119. The molecule has 1 aromatic carbocycles. The molecule has 16 heavy (non-hydrogen) atoms. The number of hydrogen-bond acceptors (Lipinski definition) is 3. The number of rotatable bonds is 4. The van der Waals surface area contributed by atoms with Crippen LogP contribution in [0.4, 0.5) is 0 Å². The quantitative estimate of drug-likeness (QED) is 0.845. The number of nitrogens with two attached hydrogens (primary N) is 1. The van der Waals surface area contributed by atoms with Gasteiger partial charge in [-0.15, -0.1) is 0 Å². The summed E-state index contributed by atoms with van der Waals surface area (Å²) in [5, 5.41) is 0. The molecule has 0 aliphatic carbocycles. The molecule has 0 saturated heterocycles. The van der Waals surface area contributed by atoms with Crippen molar-refractivity contribution in [3.63, 3.8) is 0 Å². The van der Waals surface area contributed by atoms with Crippen LogP contribution in [0.25, 0.3) is 0 Å². The predicted octanol–water partition coefficient (Wildman–Crippen LogP) is 1.73. The molecule has 0 spiro atoms. The van der Waals surface area contributed by atoms with Crippen molar-refractivity contribution >= 4 is 5.91 Å². The third-order valence-electron chi connectivity index (χ3n) is 1.63. The summed E-state index contributed by atoms with van der Waals surface area (Å²) in [6, 6.07) is 7.07. The smallest absolute Gasteiger partial charge is 0.255 e. The first-order chi connectivity index (χ1) is 7.37. The summed E-state index contributed by atoms with van der Waals surface area (Å²) in [6.45, 7) is 5.82. The second-order valence-electron chi connectivity index (χ2n) is 4.44. The lowest BCUT2D eigenvalue weighted by Crippen LogP contribution is -2.23. The van der Waals surface area contributed by atoms with Crippen molar-refractivity contribution in [3.8, 4) is 11.5 Å². The van der Waals surface area contributed by atoms with Crippen molar-refractivity contribution < 1.29 is 14.3 Å². The summed E-state index contributed by atoms with van der Waals surface area (Å²) in [5.74, 6) is 0.869. The van der Waals surface area contributed by atoms with Gasteiger partial charge in [0.25, 0.3) is 5.91 Å². The number of ether oxygens (including phenoxy) is 2. The predicted molar refractivity (Wildman–Crippen MR) is 61.5 cm³/mol. The molecule has 0 heterocycles. The summed E-state index contributed by atoms with van der Waals surface area (Å²) in [5.41, 5.74) is 4.74. The summed E-state index contributed by atoms with van der Waals surface area (Å²) >= 11 is 0. The summed E-state index contributed by atoms with van der Waals surface area (Å²) in [4.78, 5) is 10.5. The van der Waals surface area contributed by atoms with Gasteiger partial charge in [-0.25, -0.2) is 0 Å². The maximum atomic E-state index is 10.5. The van der Waals surface area contributed by atoms with E-state index in [0.717, 1.165) is 5.75 Å². The second-order valence-corrected chi connectivity index (χ2v) is 4.44. The number of carbonyl (C=O) groups excluding carboxylic acids is 1. The molecule has 4 nitrogen and oxygen atoms in total. The summed E-state index contributed by atoms with van der Waals surface area (Å²) < 4.78 is 10.8. The fourth-order valence-corrected chi connectivity index (χ4v) is 1.11. The molecule has 0 atom stereocenters. The average molecular weight is 223 g/mol. The molecule has 4 heteroatoms. The van der Waals surface area contributed by atoms with Gasteiger partial charge >= 0.3 is 0 Å². The van der Waals surface area contributed by atoms with Crippen molar-refractivity contribution in [1.82, 2.24) is 0 Å². The van der Waals surface area contributed by atoms with Crippen LogP contribution in [0.5, 0.6) is 11.5 Å². The van der Waals surface area contributed by atoms with Gasteiger partial charge in [0.05, 0.1) is 0 Å². The van der Waals surface area contributed by atoms with Crippen LogP contribution < -0.4 is 15.2 Å². The molecule has 0 aromatic heterocycles. The highest BCUT2D eigenvalue weighted by Crippen LogP contribution is 2.21. The molecule has 1 aromatic rings.